The quantitative estimate of drug-likeness (QED) is 0.631. The van der Waals surface area contributed by atoms with Crippen molar-refractivity contribution in [3.8, 4) is 0 Å². The average molecular weight is 377 g/mol. The van der Waals surface area contributed by atoms with Crippen molar-refractivity contribution in [1.82, 2.24) is 9.97 Å². The summed E-state index contributed by atoms with van der Waals surface area (Å²) in [6, 6.07) is 4.28. The van der Waals surface area contributed by atoms with Crippen LogP contribution in [-0.2, 0) is 12.4 Å². The number of hydrogen-bond donors (Lipinski definition) is 2. The van der Waals surface area contributed by atoms with Gasteiger partial charge in [0.2, 0.25) is 0 Å². The Labute approximate surface area is 141 Å². The lowest BCUT2D eigenvalue weighted by Crippen LogP contribution is -2.13. The Morgan fingerprint density at radius 3 is 2.08 bits per heavy atom. The molecule has 0 unspecified atom stereocenters. The van der Waals surface area contributed by atoms with Crippen LogP contribution in [0.25, 0.3) is 11.0 Å². The maximum absolute atomic E-state index is 13.2. The Kier molecular flexibility index (Phi) is 4.18. The second-order valence-electron chi connectivity index (χ2n) is 5.57. The fourth-order valence-corrected chi connectivity index (χ4v) is 2.49. The summed E-state index contributed by atoms with van der Waals surface area (Å²) in [5.41, 5.74) is 2.14. The molecule has 1 atom stereocenters. The lowest BCUT2D eigenvalue weighted by Gasteiger charge is -2.11. The van der Waals surface area contributed by atoms with Crippen LogP contribution in [-0.4, -0.2) is 9.97 Å². The van der Waals surface area contributed by atoms with E-state index in [1.807, 2.05) is 0 Å². The molecule has 0 amide bonds. The van der Waals surface area contributed by atoms with Gasteiger partial charge in [0, 0.05) is 0 Å². The number of aromatic amines is 1. The fourth-order valence-electron chi connectivity index (χ4n) is 2.49. The summed E-state index contributed by atoms with van der Waals surface area (Å²) < 4.78 is 91.1. The largest absolute Gasteiger partial charge is 0.418 e. The second kappa shape index (κ2) is 5.97. The monoisotopic (exact) mass is 377 g/mol. The minimum absolute atomic E-state index is 0.0103. The van der Waals surface area contributed by atoms with Crippen molar-refractivity contribution in [2.75, 3.05) is 0 Å². The molecule has 0 spiro atoms. The van der Waals surface area contributed by atoms with Crippen LogP contribution < -0.4 is 5.73 Å². The standard InChI is InChI=1S/C16H10F7N3/c17-9-3-1-7(2-4-9)12(24)14-25-11-6-8(15(18,19)20)5-10(13(11)26-14)16(21,22)23/h1-6,12H,24H2,(H,25,26)/t12-/m0/s1. The highest BCUT2D eigenvalue weighted by Crippen LogP contribution is 2.39. The fraction of sp³-hybridized carbons (Fsp3) is 0.188. The maximum atomic E-state index is 13.2. The molecule has 0 saturated heterocycles. The smallest absolute Gasteiger partial charge is 0.340 e. The van der Waals surface area contributed by atoms with E-state index in [0.717, 1.165) is 12.1 Å². The van der Waals surface area contributed by atoms with Gasteiger partial charge in [0.15, 0.2) is 0 Å². The van der Waals surface area contributed by atoms with E-state index in [4.69, 9.17) is 5.73 Å². The van der Waals surface area contributed by atoms with Gasteiger partial charge in [-0.25, -0.2) is 9.37 Å². The molecule has 0 aliphatic rings. The molecule has 2 aromatic carbocycles. The zero-order valence-electron chi connectivity index (χ0n) is 12.7. The van der Waals surface area contributed by atoms with E-state index >= 15 is 0 Å². The first-order chi connectivity index (χ1) is 12.0. The van der Waals surface area contributed by atoms with E-state index in [1.54, 1.807) is 0 Å². The van der Waals surface area contributed by atoms with Crippen molar-refractivity contribution in [2.45, 2.75) is 18.4 Å². The van der Waals surface area contributed by atoms with Gasteiger partial charge < -0.3 is 10.7 Å². The molecular formula is C16H10F7N3. The van der Waals surface area contributed by atoms with Gasteiger partial charge in [0.1, 0.15) is 17.2 Å². The SMILES string of the molecule is N[C@@H](c1ccc(F)cc1)c1nc2c(C(F)(F)F)cc(C(F)(F)F)cc2[nH]1. The van der Waals surface area contributed by atoms with Gasteiger partial charge in [-0.15, -0.1) is 0 Å². The van der Waals surface area contributed by atoms with Crippen LogP contribution >= 0.6 is 0 Å². The molecule has 3 nitrogen and oxygen atoms in total. The summed E-state index contributed by atoms with van der Waals surface area (Å²) in [7, 11) is 0. The molecule has 3 N–H and O–H groups in total. The van der Waals surface area contributed by atoms with Crippen molar-refractivity contribution in [2.24, 2.45) is 5.73 Å². The minimum atomic E-state index is -5.04. The number of nitrogens with zero attached hydrogens (tertiary/aromatic N) is 1. The zero-order valence-corrected chi connectivity index (χ0v) is 12.7. The number of fused-ring (bicyclic) bond motifs is 1. The van der Waals surface area contributed by atoms with Crippen LogP contribution in [0.1, 0.15) is 28.6 Å². The summed E-state index contributed by atoms with van der Waals surface area (Å²) in [6.45, 7) is 0. The zero-order chi connectivity index (χ0) is 19.3. The molecular weight excluding hydrogens is 367 g/mol. The number of nitrogens with one attached hydrogen (secondary N) is 1. The highest BCUT2D eigenvalue weighted by Gasteiger charge is 2.39. The van der Waals surface area contributed by atoms with E-state index in [2.05, 4.69) is 9.97 Å². The Bertz CT molecular complexity index is 939. The number of alkyl halides is 6. The highest BCUT2D eigenvalue weighted by molar-refractivity contribution is 5.81. The molecule has 3 rings (SSSR count). The van der Waals surface area contributed by atoms with Gasteiger partial charge in [-0.05, 0) is 29.8 Å². The van der Waals surface area contributed by atoms with Gasteiger partial charge in [0.05, 0.1) is 22.7 Å². The number of H-pyrrole nitrogens is 1. The Morgan fingerprint density at radius 1 is 0.923 bits per heavy atom. The van der Waals surface area contributed by atoms with E-state index in [1.165, 1.54) is 12.1 Å². The predicted molar refractivity (Wildman–Crippen MR) is 78.5 cm³/mol. The van der Waals surface area contributed by atoms with E-state index in [0.29, 0.717) is 11.6 Å². The highest BCUT2D eigenvalue weighted by atomic mass is 19.4. The number of hydrogen-bond acceptors (Lipinski definition) is 2. The normalized spacial score (nSPS) is 14.0. The molecule has 26 heavy (non-hydrogen) atoms. The van der Waals surface area contributed by atoms with Crippen LogP contribution in [0.5, 0.6) is 0 Å². The molecule has 10 heteroatoms. The van der Waals surface area contributed by atoms with Crippen LogP contribution in [0.3, 0.4) is 0 Å². The van der Waals surface area contributed by atoms with Crippen molar-refractivity contribution >= 4 is 11.0 Å². The Morgan fingerprint density at radius 2 is 1.54 bits per heavy atom. The van der Waals surface area contributed by atoms with Crippen molar-refractivity contribution in [1.29, 1.82) is 0 Å². The van der Waals surface area contributed by atoms with E-state index in [-0.39, 0.29) is 11.9 Å². The summed E-state index contributed by atoms with van der Waals surface area (Å²) in [5.74, 6) is -0.712. The van der Waals surface area contributed by atoms with Crippen LogP contribution in [0.4, 0.5) is 30.7 Å². The molecule has 1 aromatic heterocycles. The van der Waals surface area contributed by atoms with E-state index < -0.39 is 46.4 Å². The average Bonchev–Trinajstić information content (AvgIpc) is 2.96. The molecule has 0 bridgehead atoms. The maximum Gasteiger partial charge on any atom is 0.418 e. The summed E-state index contributed by atoms with van der Waals surface area (Å²) in [6.07, 6.45) is -10.00. The predicted octanol–water partition coefficient (Wildman–Crippen LogP) is 4.79. The van der Waals surface area contributed by atoms with Crippen LogP contribution in [0, 0.1) is 5.82 Å². The number of nitrogens with two attached hydrogens (primary N) is 1. The Balaban J connectivity index is 2.16. The molecule has 0 aliphatic heterocycles. The summed E-state index contributed by atoms with van der Waals surface area (Å²) in [4.78, 5) is 6.14. The summed E-state index contributed by atoms with van der Waals surface area (Å²) in [5, 5.41) is 0. The van der Waals surface area contributed by atoms with Gasteiger partial charge in [0.25, 0.3) is 0 Å². The topological polar surface area (TPSA) is 54.7 Å². The number of halogens is 7. The van der Waals surface area contributed by atoms with Crippen molar-refractivity contribution < 1.29 is 30.7 Å². The van der Waals surface area contributed by atoms with Crippen molar-refractivity contribution in [3.63, 3.8) is 0 Å². The van der Waals surface area contributed by atoms with Gasteiger partial charge >= 0.3 is 12.4 Å². The van der Waals surface area contributed by atoms with Crippen molar-refractivity contribution in [3.05, 3.63) is 64.7 Å². The third kappa shape index (κ3) is 3.36. The first kappa shape index (κ1) is 18.2. The molecule has 0 aliphatic carbocycles. The minimum Gasteiger partial charge on any atom is -0.340 e. The first-order valence-electron chi connectivity index (χ1n) is 7.16. The number of imidazole rings is 1. The lowest BCUT2D eigenvalue weighted by molar-refractivity contribution is -0.142. The number of benzene rings is 2. The third-order valence-electron chi connectivity index (χ3n) is 3.76. The van der Waals surface area contributed by atoms with Gasteiger partial charge in [-0.3, -0.25) is 0 Å². The lowest BCUT2D eigenvalue weighted by atomic mass is 10.1. The number of aromatic nitrogens is 2. The molecule has 0 fully saturated rings. The molecule has 3 aromatic rings. The Hall–Kier alpha value is -2.62. The molecule has 0 saturated carbocycles. The van der Waals surface area contributed by atoms with Gasteiger partial charge in [-0.1, -0.05) is 12.1 Å². The molecule has 138 valence electrons. The molecule has 0 radical (unpaired) electrons. The van der Waals surface area contributed by atoms with Crippen LogP contribution in [0.15, 0.2) is 36.4 Å². The number of rotatable bonds is 2. The third-order valence-corrected chi connectivity index (χ3v) is 3.76. The first-order valence-corrected chi connectivity index (χ1v) is 7.16. The summed E-state index contributed by atoms with van der Waals surface area (Å²) >= 11 is 0. The molecule has 1 heterocycles. The van der Waals surface area contributed by atoms with Gasteiger partial charge in [-0.2, -0.15) is 26.3 Å². The second-order valence-corrected chi connectivity index (χ2v) is 5.57. The van der Waals surface area contributed by atoms with E-state index in [9.17, 15) is 30.7 Å². The van der Waals surface area contributed by atoms with Crippen LogP contribution in [0.2, 0.25) is 0 Å².